The number of rotatable bonds is 1. The number of nitrogens with zero attached hydrogens (tertiary/aromatic N) is 1. The van der Waals surface area contributed by atoms with E-state index in [4.69, 9.17) is 0 Å². The van der Waals surface area contributed by atoms with Gasteiger partial charge in [0.15, 0.2) is 0 Å². The van der Waals surface area contributed by atoms with Gasteiger partial charge in [-0.1, -0.05) is 18.6 Å². The Bertz CT molecular complexity index is 582. The first-order valence-electron chi connectivity index (χ1n) is 6.60. The Morgan fingerprint density at radius 2 is 2.05 bits per heavy atom. The lowest BCUT2D eigenvalue weighted by atomic mass is 9.96. The van der Waals surface area contributed by atoms with E-state index in [-0.39, 0.29) is 10.5 Å². The van der Waals surface area contributed by atoms with Gasteiger partial charge in [-0.05, 0) is 37.0 Å². The first-order valence-corrected chi connectivity index (χ1v) is 7.87. The maximum absolute atomic E-state index is 12.7. The van der Waals surface area contributed by atoms with Crippen molar-refractivity contribution in [3.05, 3.63) is 35.7 Å². The molecule has 0 N–H and O–H groups in total. The van der Waals surface area contributed by atoms with Gasteiger partial charge in [0, 0.05) is 16.0 Å². The zero-order valence-electron chi connectivity index (χ0n) is 10.7. The van der Waals surface area contributed by atoms with E-state index >= 15 is 0 Å². The minimum Gasteiger partial charge on any atom is -0.259 e. The third-order valence-corrected chi connectivity index (χ3v) is 5.87. The number of hydrogen-bond acceptors (Lipinski definition) is 2. The van der Waals surface area contributed by atoms with Crippen molar-refractivity contribution in [2.75, 3.05) is 0 Å². The normalized spacial score (nSPS) is 29.9. The fourth-order valence-corrected chi connectivity index (χ4v) is 4.79. The molecule has 1 fully saturated rings. The minimum atomic E-state index is -4.43. The first kappa shape index (κ1) is 13.8. The fraction of sp³-hybridized carbons (Fsp3) is 0.500. The van der Waals surface area contributed by atoms with Crippen molar-refractivity contribution < 1.29 is 17.4 Å². The van der Waals surface area contributed by atoms with E-state index in [2.05, 4.69) is 4.98 Å². The fourth-order valence-electron chi connectivity index (χ4n) is 2.86. The second-order valence-electron chi connectivity index (χ2n) is 5.22. The van der Waals surface area contributed by atoms with E-state index in [1.807, 2.05) is 6.08 Å². The molecule has 0 radical (unpaired) electrons. The molecule has 2 bridgehead atoms. The molecule has 108 valence electrons. The van der Waals surface area contributed by atoms with Gasteiger partial charge in [0.1, 0.15) is 5.69 Å². The van der Waals surface area contributed by atoms with E-state index in [1.54, 1.807) is 6.07 Å². The average molecular weight is 301 g/mol. The molecule has 1 saturated heterocycles. The van der Waals surface area contributed by atoms with Crippen molar-refractivity contribution in [2.24, 2.45) is 0 Å². The highest BCUT2D eigenvalue weighted by Gasteiger charge is 2.35. The Kier molecular flexibility index (Phi) is 3.44. The van der Waals surface area contributed by atoms with Gasteiger partial charge in [0.05, 0.1) is 10.9 Å². The Labute approximate surface area is 117 Å². The summed E-state index contributed by atoms with van der Waals surface area (Å²) in [6, 6.07) is 3.96. The molecule has 3 atom stereocenters. The molecule has 3 rings (SSSR count). The number of fused-ring (bicyclic) bond motifs is 2. The summed E-state index contributed by atoms with van der Waals surface area (Å²) < 4.78 is 50.2. The van der Waals surface area contributed by atoms with Gasteiger partial charge in [0.2, 0.25) is 0 Å². The number of pyridine rings is 1. The number of halogens is 3. The van der Waals surface area contributed by atoms with Crippen LogP contribution in [-0.4, -0.2) is 19.7 Å². The molecule has 0 spiro atoms. The number of hydrogen-bond donors (Lipinski definition) is 0. The van der Waals surface area contributed by atoms with E-state index < -0.39 is 22.7 Å². The molecule has 0 aromatic carbocycles. The second kappa shape index (κ2) is 4.98. The Morgan fingerprint density at radius 3 is 2.75 bits per heavy atom. The van der Waals surface area contributed by atoms with Gasteiger partial charge in [-0.3, -0.25) is 4.21 Å². The summed E-state index contributed by atoms with van der Waals surface area (Å²) in [5, 5.41) is 0.0546. The topological polar surface area (TPSA) is 30.0 Å². The highest BCUT2D eigenvalue weighted by molar-refractivity contribution is 7.86. The maximum Gasteiger partial charge on any atom is 0.433 e. The molecule has 2 aliphatic rings. The van der Waals surface area contributed by atoms with Crippen molar-refractivity contribution in [2.45, 2.75) is 42.4 Å². The molecular formula is C14H14F3NOS. The van der Waals surface area contributed by atoms with Gasteiger partial charge in [-0.2, -0.15) is 13.2 Å². The van der Waals surface area contributed by atoms with E-state index in [0.717, 1.165) is 30.9 Å². The van der Waals surface area contributed by atoms with Crippen molar-refractivity contribution >= 4 is 16.4 Å². The highest BCUT2D eigenvalue weighted by atomic mass is 32.2. The molecule has 0 aliphatic carbocycles. The summed E-state index contributed by atoms with van der Waals surface area (Å²) in [5.41, 5.74) is 0.312. The Morgan fingerprint density at radius 1 is 1.25 bits per heavy atom. The van der Waals surface area contributed by atoms with E-state index in [9.17, 15) is 17.4 Å². The molecule has 3 unspecified atom stereocenters. The van der Waals surface area contributed by atoms with Crippen LogP contribution in [0.25, 0.3) is 5.57 Å². The van der Waals surface area contributed by atoms with E-state index in [1.165, 1.54) is 6.07 Å². The van der Waals surface area contributed by atoms with Gasteiger partial charge >= 0.3 is 6.18 Å². The number of allylic oxidation sites excluding steroid dienone is 1. The van der Waals surface area contributed by atoms with Gasteiger partial charge in [-0.25, -0.2) is 4.98 Å². The van der Waals surface area contributed by atoms with Crippen LogP contribution in [0.15, 0.2) is 24.3 Å². The summed E-state index contributed by atoms with van der Waals surface area (Å²) in [7, 11) is -0.879. The average Bonchev–Trinajstić information content (AvgIpc) is 2.37. The molecule has 20 heavy (non-hydrogen) atoms. The number of aromatic nitrogens is 1. The lowest BCUT2D eigenvalue weighted by molar-refractivity contribution is -0.141. The van der Waals surface area contributed by atoms with Crippen molar-refractivity contribution in [3.8, 4) is 0 Å². The zero-order chi connectivity index (χ0) is 14.3. The summed E-state index contributed by atoms with van der Waals surface area (Å²) in [6.45, 7) is 0. The minimum absolute atomic E-state index is 0.0196. The molecule has 0 amide bonds. The largest absolute Gasteiger partial charge is 0.433 e. The summed E-state index contributed by atoms with van der Waals surface area (Å²) in [5.74, 6) is 0. The van der Waals surface area contributed by atoms with Crippen molar-refractivity contribution in [1.29, 1.82) is 0 Å². The molecule has 0 saturated carbocycles. The molecule has 3 heterocycles. The van der Waals surface area contributed by atoms with Crippen LogP contribution >= 0.6 is 0 Å². The lowest BCUT2D eigenvalue weighted by Gasteiger charge is -2.32. The molecule has 1 aromatic rings. The summed E-state index contributed by atoms with van der Waals surface area (Å²) >= 11 is 0. The van der Waals surface area contributed by atoms with Crippen LogP contribution in [0, 0.1) is 0 Å². The Balaban J connectivity index is 1.96. The molecule has 6 heteroatoms. The second-order valence-corrected chi connectivity index (χ2v) is 7.15. The van der Waals surface area contributed by atoms with Crippen molar-refractivity contribution in [1.82, 2.24) is 4.98 Å². The molecular weight excluding hydrogens is 287 g/mol. The highest BCUT2D eigenvalue weighted by Crippen LogP contribution is 2.37. The van der Waals surface area contributed by atoms with Crippen LogP contribution in [0.1, 0.15) is 37.1 Å². The molecule has 1 aromatic heterocycles. The Hall–Kier alpha value is -1.17. The number of alkyl halides is 3. The van der Waals surface area contributed by atoms with Gasteiger partial charge in [-0.15, -0.1) is 0 Å². The molecule has 2 nitrogen and oxygen atoms in total. The zero-order valence-corrected chi connectivity index (χ0v) is 11.5. The maximum atomic E-state index is 12.7. The van der Waals surface area contributed by atoms with Crippen LogP contribution in [0.5, 0.6) is 0 Å². The predicted octanol–water partition coefficient (Wildman–Crippen LogP) is 3.56. The van der Waals surface area contributed by atoms with Gasteiger partial charge in [0.25, 0.3) is 0 Å². The van der Waals surface area contributed by atoms with Gasteiger partial charge < -0.3 is 0 Å². The molecule has 2 aliphatic heterocycles. The SMILES string of the molecule is O=S1C2C=C(c3cccc(C(F)(F)F)n3)CC1CCC2. The standard InChI is InChI=1S/C14H14F3NOS/c15-14(16,17)13-6-2-5-12(18-13)9-7-10-3-1-4-11(8-9)20(10)19/h2,5-7,10-11H,1,3-4,8H2. The van der Waals surface area contributed by atoms with Crippen LogP contribution in [-0.2, 0) is 17.0 Å². The van der Waals surface area contributed by atoms with Crippen LogP contribution in [0.2, 0.25) is 0 Å². The first-order chi connectivity index (χ1) is 9.45. The summed E-state index contributed by atoms with van der Waals surface area (Å²) in [4.78, 5) is 3.73. The monoisotopic (exact) mass is 301 g/mol. The van der Waals surface area contributed by atoms with E-state index in [0.29, 0.717) is 12.1 Å². The smallest absolute Gasteiger partial charge is 0.259 e. The summed E-state index contributed by atoms with van der Waals surface area (Å²) in [6.07, 6.45) is 0.793. The quantitative estimate of drug-likeness (QED) is 0.794. The third-order valence-electron chi connectivity index (χ3n) is 3.84. The van der Waals surface area contributed by atoms with Crippen molar-refractivity contribution in [3.63, 3.8) is 0 Å². The predicted molar refractivity (Wildman–Crippen MR) is 71.4 cm³/mol. The van der Waals surface area contributed by atoms with Crippen LogP contribution < -0.4 is 0 Å². The third kappa shape index (κ3) is 2.53. The van der Waals surface area contributed by atoms with Crippen LogP contribution in [0.4, 0.5) is 13.2 Å². The lowest BCUT2D eigenvalue weighted by Crippen LogP contribution is -2.33. The van der Waals surface area contributed by atoms with Crippen LogP contribution in [0.3, 0.4) is 0 Å².